The lowest BCUT2D eigenvalue weighted by molar-refractivity contribution is 0.539. The van der Waals surface area contributed by atoms with Crippen LogP contribution in [0.1, 0.15) is 50.6 Å². The number of aliphatic imine (C=N–C) groups is 1. The lowest BCUT2D eigenvalue weighted by atomic mass is 10.0. The van der Waals surface area contributed by atoms with Crippen LogP contribution in [0.25, 0.3) is 0 Å². The molecule has 16 heavy (non-hydrogen) atoms. The minimum Gasteiger partial charge on any atom is -0.211 e. The largest absolute Gasteiger partial charge is 0.235 e. The van der Waals surface area contributed by atoms with Crippen LogP contribution in [0.3, 0.4) is 0 Å². The smallest absolute Gasteiger partial charge is 0.211 e. The van der Waals surface area contributed by atoms with Crippen molar-refractivity contribution in [2.24, 2.45) is 4.99 Å². The van der Waals surface area contributed by atoms with Gasteiger partial charge in [0.2, 0.25) is 6.08 Å². The van der Waals surface area contributed by atoms with E-state index in [1.807, 2.05) is 30.3 Å². The Labute approximate surface area is 97.4 Å². The van der Waals surface area contributed by atoms with Gasteiger partial charge in [0.05, 0.1) is 6.04 Å². The summed E-state index contributed by atoms with van der Waals surface area (Å²) < 4.78 is 0. The fourth-order valence-corrected chi connectivity index (χ4v) is 1.81. The van der Waals surface area contributed by atoms with Crippen LogP contribution in [0, 0.1) is 0 Å². The summed E-state index contributed by atoms with van der Waals surface area (Å²) in [7, 11) is 0. The number of hydrogen-bond acceptors (Lipinski definition) is 2. The number of hydrogen-bond donors (Lipinski definition) is 0. The molecule has 0 aliphatic heterocycles. The Morgan fingerprint density at radius 1 is 1.19 bits per heavy atom. The van der Waals surface area contributed by atoms with Gasteiger partial charge in [-0.25, -0.2) is 4.79 Å². The van der Waals surface area contributed by atoms with Crippen LogP contribution >= 0.6 is 0 Å². The minimum atomic E-state index is -0.00411. The Kier molecular flexibility index (Phi) is 6.20. The van der Waals surface area contributed by atoms with Gasteiger partial charge in [0.1, 0.15) is 0 Å². The van der Waals surface area contributed by atoms with E-state index < -0.39 is 0 Å². The third-order valence-corrected chi connectivity index (χ3v) is 2.72. The van der Waals surface area contributed by atoms with Crippen molar-refractivity contribution in [2.75, 3.05) is 0 Å². The molecule has 0 saturated heterocycles. The number of carbonyl (C=O) groups excluding carboxylic acids is 1. The van der Waals surface area contributed by atoms with Crippen molar-refractivity contribution in [3.8, 4) is 0 Å². The van der Waals surface area contributed by atoms with Gasteiger partial charge >= 0.3 is 0 Å². The summed E-state index contributed by atoms with van der Waals surface area (Å²) in [6.45, 7) is 2.19. The molecule has 0 bridgehead atoms. The Balaban J connectivity index is 2.52. The molecule has 0 amide bonds. The third-order valence-electron chi connectivity index (χ3n) is 2.72. The molecule has 1 aromatic carbocycles. The molecule has 2 nitrogen and oxygen atoms in total. The maximum Gasteiger partial charge on any atom is 0.235 e. The highest BCUT2D eigenvalue weighted by molar-refractivity contribution is 5.35. The first-order valence-corrected chi connectivity index (χ1v) is 6.00. The highest BCUT2D eigenvalue weighted by atomic mass is 16.1. The maximum atomic E-state index is 10.4. The van der Waals surface area contributed by atoms with E-state index >= 15 is 0 Å². The summed E-state index contributed by atoms with van der Waals surface area (Å²) in [4.78, 5) is 14.3. The van der Waals surface area contributed by atoms with E-state index in [2.05, 4.69) is 11.9 Å². The van der Waals surface area contributed by atoms with Gasteiger partial charge in [-0.2, -0.15) is 4.99 Å². The molecule has 86 valence electrons. The Bertz CT molecular complexity index is 328. The summed E-state index contributed by atoms with van der Waals surface area (Å²) in [5.41, 5.74) is 1.11. The summed E-state index contributed by atoms with van der Waals surface area (Å²) >= 11 is 0. The normalized spacial score (nSPS) is 11.8. The predicted octanol–water partition coefficient (Wildman–Crippen LogP) is 4.03. The van der Waals surface area contributed by atoms with Gasteiger partial charge in [-0.3, -0.25) is 0 Å². The second kappa shape index (κ2) is 7.84. The van der Waals surface area contributed by atoms with Gasteiger partial charge in [-0.05, 0) is 12.0 Å². The van der Waals surface area contributed by atoms with E-state index in [-0.39, 0.29) is 6.04 Å². The molecule has 1 unspecified atom stereocenters. The average Bonchev–Trinajstić information content (AvgIpc) is 2.34. The van der Waals surface area contributed by atoms with Crippen LogP contribution in [0.4, 0.5) is 0 Å². The zero-order valence-electron chi connectivity index (χ0n) is 9.86. The molecular weight excluding hydrogens is 198 g/mol. The minimum absolute atomic E-state index is 0.00411. The van der Waals surface area contributed by atoms with E-state index in [9.17, 15) is 4.79 Å². The van der Waals surface area contributed by atoms with Gasteiger partial charge in [0.15, 0.2) is 0 Å². The fourth-order valence-electron chi connectivity index (χ4n) is 1.81. The molecule has 0 aliphatic rings. The highest BCUT2D eigenvalue weighted by Gasteiger charge is 2.08. The molecule has 0 N–H and O–H groups in total. The van der Waals surface area contributed by atoms with E-state index in [1.54, 1.807) is 6.08 Å². The van der Waals surface area contributed by atoms with Crippen LogP contribution in [0.2, 0.25) is 0 Å². The highest BCUT2D eigenvalue weighted by Crippen LogP contribution is 2.23. The summed E-state index contributed by atoms with van der Waals surface area (Å²) in [6.07, 6.45) is 7.45. The van der Waals surface area contributed by atoms with E-state index in [0.29, 0.717) is 0 Å². The monoisotopic (exact) mass is 217 g/mol. The molecule has 1 aromatic rings. The van der Waals surface area contributed by atoms with Crippen LogP contribution in [0.15, 0.2) is 35.3 Å². The van der Waals surface area contributed by atoms with Gasteiger partial charge in [0.25, 0.3) is 0 Å². The lowest BCUT2D eigenvalue weighted by Crippen LogP contribution is -1.95. The predicted molar refractivity (Wildman–Crippen MR) is 66.1 cm³/mol. The molecule has 0 saturated carbocycles. The number of benzene rings is 1. The first-order chi connectivity index (χ1) is 7.88. The molecule has 0 heterocycles. The van der Waals surface area contributed by atoms with E-state index in [4.69, 9.17) is 0 Å². The van der Waals surface area contributed by atoms with Crippen molar-refractivity contribution in [2.45, 2.75) is 45.1 Å². The van der Waals surface area contributed by atoms with Crippen molar-refractivity contribution in [1.82, 2.24) is 0 Å². The molecule has 0 spiro atoms. The molecule has 1 atom stereocenters. The van der Waals surface area contributed by atoms with Gasteiger partial charge in [-0.1, -0.05) is 62.9 Å². The molecule has 2 heteroatoms. The van der Waals surface area contributed by atoms with Crippen LogP contribution in [-0.2, 0) is 4.79 Å². The van der Waals surface area contributed by atoms with Gasteiger partial charge < -0.3 is 0 Å². The van der Waals surface area contributed by atoms with Crippen molar-refractivity contribution in [3.63, 3.8) is 0 Å². The lowest BCUT2D eigenvalue weighted by Gasteiger charge is -2.10. The van der Waals surface area contributed by atoms with Crippen molar-refractivity contribution in [1.29, 1.82) is 0 Å². The molecular formula is C14H19NO. The summed E-state index contributed by atoms with van der Waals surface area (Å²) in [6, 6.07) is 9.97. The van der Waals surface area contributed by atoms with Crippen LogP contribution in [0.5, 0.6) is 0 Å². The second-order valence-electron chi connectivity index (χ2n) is 4.00. The average molecular weight is 217 g/mol. The van der Waals surface area contributed by atoms with Crippen LogP contribution < -0.4 is 0 Å². The Morgan fingerprint density at radius 2 is 1.94 bits per heavy atom. The first-order valence-electron chi connectivity index (χ1n) is 6.00. The topological polar surface area (TPSA) is 29.4 Å². The molecule has 0 aliphatic carbocycles. The maximum absolute atomic E-state index is 10.4. The van der Waals surface area contributed by atoms with E-state index in [0.717, 1.165) is 18.4 Å². The van der Waals surface area contributed by atoms with Gasteiger partial charge in [-0.15, -0.1) is 0 Å². The molecule has 0 aromatic heterocycles. The quantitative estimate of drug-likeness (QED) is 0.385. The molecule has 0 radical (unpaired) electrons. The number of nitrogens with zero attached hydrogens (tertiary/aromatic N) is 1. The summed E-state index contributed by atoms with van der Waals surface area (Å²) in [5, 5.41) is 0. The van der Waals surface area contributed by atoms with Crippen molar-refractivity contribution >= 4 is 6.08 Å². The molecule has 1 rings (SSSR count). The number of rotatable bonds is 7. The summed E-state index contributed by atoms with van der Waals surface area (Å²) in [5.74, 6) is 0. The number of unbranched alkanes of at least 4 members (excludes halogenated alkanes) is 3. The Hall–Kier alpha value is -1.40. The van der Waals surface area contributed by atoms with Crippen LogP contribution in [-0.4, -0.2) is 6.08 Å². The van der Waals surface area contributed by atoms with E-state index in [1.165, 1.54) is 19.3 Å². The standard InChI is InChI=1S/C14H19NO/c1-2-3-4-8-11-14(15-12-16)13-9-6-5-7-10-13/h5-7,9-10,14H,2-4,8,11H2,1H3. The third kappa shape index (κ3) is 4.41. The van der Waals surface area contributed by atoms with Crippen molar-refractivity contribution < 1.29 is 4.79 Å². The Morgan fingerprint density at radius 3 is 2.56 bits per heavy atom. The number of isocyanates is 1. The van der Waals surface area contributed by atoms with Gasteiger partial charge in [0, 0.05) is 0 Å². The zero-order chi connectivity index (χ0) is 11.6. The van der Waals surface area contributed by atoms with Crippen molar-refractivity contribution in [3.05, 3.63) is 35.9 Å². The second-order valence-corrected chi connectivity index (χ2v) is 4.00. The molecule has 0 fully saturated rings. The zero-order valence-corrected chi connectivity index (χ0v) is 9.86. The SMILES string of the molecule is CCCCCCC(N=C=O)c1ccccc1. The fraction of sp³-hybridized carbons (Fsp3) is 0.500. The first kappa shape index (κ1) is 12.7.